The third-order valence-corrected chi connectivity index (χ3v) is 7.01. The number of alkyl carbamates (subject to hydrolysis) is 1. The Balaban J connectivity index is 2.39. The summed E-state index contributed by atoms with van der Waals surface area (Å²) in [7, 11) is -1.08. The van der Waals surface area contributed by atoms with Crippen molar-refractivity contribution in [2.24, 2.45) is 0 Å². The van der Waals surface area contributed by atoms with E-state index in [0.29, 0.717) is 16.8 Å². The van der Waals surface area contributed by atoms with E-state index in [9.17, 15) is 22.4 Å². The van der Waals surface area contributed by atoms with Crippen LogP contribution in [-0.4, -0.2) is 60.6 Å². The number of nitrogens with one attached hydrogen (secondary N) is 1. The number of ketones is 1. The number of amides is 1. The van der Waals surface area contributed by atoms with Gasteiger partial charge >= 0.3 is 6.09 Å². The Morgan fingerprint density at radius 3 is 2.46 bits per heavy atom. The number of hydrogen-bond acceptors (Lipinski definition) is 6. The lowest BCUT2D eigenvalue weighted by Gasteiger charge is -2.19. The van der Waals surface area contributed by atoms with Crippen LogP contribution in [0.1, 0.15) is 43.9 Å². The number of sulfonamides is 1. The largest absolute Gasteiger partial charge is 0.444 e. The molecule has 0 fully saturated rings. The molecule has 1 N–H and O–H groups in total. The topological polar surface area (TPSA) is 111 Å². The van der Waals surface area contributed by atoms with Crippen LogP contribution in [0.3, 0.4) is 0 Å². The first-order valence-electron chi connectivity index (χ1n) is 10.7. The van der Waals surface area contributed by atoms with E-state index in [0.717, 1.165) is 10.4 Å². The highest BCUT2D eigenvalue weighted by Crippen LogP contribution is 2.33. The van der Waals surface area contributed by atoms with Crippen LogP contribution >= 0.6 is 11.6 Å². The zero-order chi connectivity index (χ0) is 26.7. The van der Waals surface area contributed by atoms with Crippen LogP contribution in [0.4, 0.5) is 9.18 Å². The van der Waals surface area contributed by atoms with Gasteiger partial charge in [-0.2, -0.15) is 5.10 Å². The van der Waals surface area contributed by atoms with Crippen LogP contribution in [-0.2, 0) is 21.3 Å². The van der Waals surface area contributed by atoms with Gasteiger partial charge in [-0.3, -0.25) is 9.48 Å². The molecule has 192 valence electrons. The quantitative estimate of drug-likeness (QED) is 0.510. The fourth-order valence-electron chi connectivity index (χ4n) is 3.22. The number of allylic oxidation sites excluding steroid dienone is 1. The maximum absolute atomic E-state index is 14.6. The minimum atomic E-state index is -3.85. The number of ether oxygens (including phenoxy) is 1. The zero-order valence-electron chi connectivity index (χ0n) is 20.8. The number of carbonyl (C=O) groups excluding carboxylic acids is 2. The molecule has 0 radical (unpaired) electrons. The first-order chi connectivity index (χ1) is 16.0. The molecular weight excluding hydrogens is 499 g/mol. The fourth-order valence-corrected chi connectivity index (χ4v) is 4.61. The SMILES string of the molecule is CC(=O)c1c(-c2ccc(Cl)c(S(=O)(=O)N(C)C)c2)c(C)nn1C/C(F)=C/CNC(=O)OC(C)(C)C. The van der Waals surface area contributed by atoms with E-state index in [4.69, 9.17) is 16.3 Å². The van der Waals surface area contributed by atoms with Gasteiger partial charge in [0.15, 0.2) is 5.78 Å². The van der Waals surface area contributed by atoms with Crippen molar-refractivity contribution in [2.45, 2.75) is 51.7 Å². The molecule has 12 heteroatoms. The molecule has 2 rings (SSSR count). The lowest BCUT2D eigenvalue weighted by atomic mass is 10.0. The molecule has 0 bridgehead atoms. The van der Waals surface area contributed by atoms with Crippen LogP contribution in [0.5, 0.6) is 0 Å². The van der Waals surface area contributed by atoms with Gasteiger partial charge < -0.3 is 10.1 Å². The third-order valence-electron chi connectivity index (χ3n) is 4.71. The van der Waals surface area contributed by atoms with E-state index in [1.165, 1.54) is 37.8 Å². The summed E-state index contributed by atoms with van der Waals surface area (Å²) in [5, 5.41) is 6.75. The second kappa shape index (κ2) is 10.9. The molecule has 0 aliphatic heterocycles. The number of rotatable bonds is 8. The number of carbonyl (C=O) groups is 2. The van der Waals surface area contributed by atoms with E-state index in [1.807, 2.05) is 0 Å². The number of aryl methyl sites for hydroxylation is 1. The Hall–Kier alpha value is -2.76. The molecule has 1 amide bonds. The predicted octanol–water partition coefficient (Wildman–Crippen LogP) is 4.34. The third kappa shape index (κ3) is 7.12. The van der Waals surface area contributed by atoms with E-state index >= 15 is 0 Å². The second-order valence-corrected chi connectivity index (χ2v) is 11.5. The van der Waals surface area contributed by atoms with E-state index in [1.54, 1.807) is 33.8 Å². The molecular formula is C23H30ClFN4O5S. The van der Waals surface area contributed by atoms with E-state index in [-0.39, 0.29) is 34.5 Å². The minimum absolute atomic E-state index is 0.0309. The molecule has 0 spiro atoms. The lowest BCUT2D eigenvalue weighted by Crippen LogP contribution is -2.32. The summed E-state index contributed by atoms with van der Waals surface area (Å²) >= 11 is 6.15. The molecule has 0 atom stereocenters. The van der Waals surface area contributed by atoms with E-state index < -0.39 is 27.5 Å². The summed E-state index contributed by atoms with van der Waals surface area (Å²) in [6.45, 7) is 7.61. The van der Waals surface area contributed by atoms with E-state index in [2.05, 4.69) is 10.4 Å². The summed E-state index contributed by atoms with van der Waals surface area (Å²) in [6.07, 6.45) is 0.462. The summed E-state index contributed by atoms with van der Waals surface area (Å²) in [6, 6.07) is 4.38. The van der Waals surface area contributed by atoms with Crippen LogP contribution < -0.4 is 5.32 Å². The normalized spacial score (nSPS) is 12.7. The molecule has 0 saturated carbocycles. The molecule has 0 unspecified atom stereocenters. The van der Waals surface area contributed by atoms with Gasteiger partial charge in [-0.15, -0.1) is 0 Å². The molecule has 0 aliphatic rings. The maximum Gasteiger partial charge on any atom is 0.407 e. The average Bonchev–Trinajstić information content (AvgIpc) is 3.02. The van der Waals surface area contributed by atoms with Crippen molar-refractivity contribution in [3.63, 3.8) is 0 Å². The van der Waals surface area contributed by atoms with Crippen molar-refractivity contribution in [3.8, 4) is 11.1 Å². The van der Waals surface area contributed by atoms with Crippen molar-refractivity contribution in [1.29, 1.82) is 0 Å². The van der Waals surface area contributed by atoms with Gasteiger partial charge in [-0.05, 0) is 51.5 Å². The Morgan fingerprint density at radius 1 is 1.29 bits per heavy atom. The summed E-state index contributed by atoms with van der Waals surface area (Å²) in [5.74, 6) is -1.02. The Kier molecular flexibility index (Phi) is 8.85. The number of Topliss-reactive ketones (excluding diaryl/α,β-unsaturated/α-hetero) is 1. The average molecular weight is 529 g/mol. The Labute approximate surface area is 209 Å². The molecule has 2 aromatic rings. The van der Waals surface area contributed by atoms with Gasteiger partial charge in [-0.1, -0.05) is 17.7 Å². The molecule has 9 nitrogen and oxygen atoms in total. The van der Waals surface area contributed by atoms with Crippen molar-refractivity contribution in [1.82, 2.24) is 19.4 Å². The Bertz CT molecular complexity index is 1260. The Morgan fingerprint density at radius 2 is 1.91 bits per heavy atom. The number of aromatic nitrogens is 2. The lowest BCUT2D eigenvalue weighted by molar-refractivity contribution is 0.0533. The molecule has 1 aromatic carbocycles. The molecule has 0 saturated heterocycles. The van der Waals surface area contributed by atoms with Crippen molar-refractivity contribution in [3.05, 3.63) is 46.5 Å². The zero-order valence-corrected chi connectivity index (χ0v) is 22.3. The van der Waals surface area contributed by atoms with Gasteiger partial charge in [-0.25, -0.2) is 21.9 Å². The van der Waals surface area contributed by atoms with Crippen molar-refractivity contribution < 1.29 is 27.1 Å². The smallest absolute Gasteiger partial charge is 0.407 e. The van der Waals surface area contributed by atoms with Gasteiger partial charge in [0.1, 0.15) is 22.0 Å². The van der Waals surface area contributed by atoms with Crippen LogP contribution in [0, 0.1) is 6.92 Å². The highest BCUT2D eigenvalue weighted by molar-refractivity contribution is 7.89. The number of halogens is 2. The molecule has 35 heavy (non-hydrogen) atoms. The monoisotopic (exact) mass is 528 g/mol. The molecule has 1 heterocycles. The highest BCUT2D eigenvalue weighted by Gasteiger charge is 2.25. The summed E-state index contributed by atoms with van der Waals surface area (Å²) < 4.78 is 47.3. The number of nitrogens with zero attached hydrogens (tertiary/aromatic N) is 3. The second-order valence-electron chi connectivity index (χ2n) is 8.99. The van der Waals surface area contributed by atoms with Crippen LogP contribution in [0.25, 0.3) is 11.1 Å². The van der Waals surface area contributed by atoms with Crippen molar-refractivity contribution in [2.75, 3.05) is 20.6 Å². The predicted molar refractivity (Wildman–Crippen MR) is 132 cm³/mol. The van der Waals surface area contributed by atoms with Crippen LogP contribution in [0.2, 0.25) is 5.02 Å². The summed E-state index contributed by atoms with van der Waals surface area (Å²) in [4.78, 5) is 24.1. The molecule has 0 aliphatic carbocycles. The number of hydrogen-bond donors (Lipinski definition) is 1. The maximum atomic E-state index is 14.6. The van der Waals surface area contributed by atoms with Crippen molar-refractivity contribution >= 4 is 33.5 Å². The first kappa shape index (κ1) is 28.5. The molecule has 1 aromatic heterocycles. The minimum Gasteiger partial charge on any atom is -0.444 e. The van der Waals surface area contributed by atoms with Gasteiger partial charge in [0, 0.05) is 33.1 Å². The highest BCUT2D eigenvalue weighted by atomic mass is 35.5. The first-order valence-corrected chi connectivity index (χ1v) is 12.5. The standard InChI is InChI=1S/C23H30ClFN4O5S/c1-14-20(16-8-9-18(24)19(12-16)35(32,33)28(6)7)21(15(2)30)29(27-14)13-17(25)10-11-26-22(31)34-23(3,4)5/h8-10,12H,11,13H2,1-7H3,(H,26,31)/b17-10-. The van der Waals surface area contributed by atoms with Gasteiger partial charge in [0.05, 0.1) is 17.3 Å². The van der Waals surface area contributed by atoms with Gasteiger partial charge in [0.2, 0.25) is 10.0 Å². The summed E-state index contributed by atoms with van der Waals surface area (Å²) in [5.41, 5.74) is 0.620. The van der Waals surface area contributed by atoms with Crippen LogP contribution in [0.15, 0.2) is 35.0 Å². The van der Waals surface area contributed by atoms with Gasteiger partial charge in [0.25, 0.3) is 0 Å². The fraction of sp³-hybridized carbons (Fsp3) is 0.435. The number of benzene rings is 1.